The number of aryl methyl sites for hydroxylation is 1. The van der Waals surface area contributed by atoms with Crippen LogP contribution in [0.3, 0.4) is 0 Å². The third kappa shape index (κ3) is 2.76. The molecule has 1 aromatic heterocycles. The molecule has 82 valence electrons. The van der Waals surface area contributed by atoms with E-state index in [4.69, 9.17) is 5.11 Å². The summed E-state index contributed by atoms with van der Waals surface area (Å²) in [6.07, 6.45) is 0. The normalized spacial score (nSPS) is 10.1. The van der Waals surface area contributed by atoms with Gasteiger partial charge < -0.3 is 10.0 Å². The average molecular weight is 228 g/mol. The van der Waals surface area contributed by atoms with Crippen molar-refractivity contribution < 1.29 is 14.7 Å². The molecule has 1 aromatic rings. The minimum Gasteiger partial charge on any atom is -0.480 e. The van der Waals surface area contributed by atoms with Gasteiger partial charge in [-0.2, -0.15) is 0 Å². The number of aromatic nitrogens is 1. The van der Waals surface area contributed by atoms with E-state index in [0.717, 1.165) is 4.88 Å². The number of thiazole rings is 1. The van der Waals surface area contributed by atoms with E-state index in [2.05, 4.69) is 4.98 Å². The van der Waals surface area contributed by atoms with E-state index >= 15 is 0 Å². The first kappa shape index (κ1) is 11.6. The van der Waals surface area contributed by atoms with Gasteiger partial charge in [0.25, 0.3) is 0 Å². The topological polar surface area (TPSA) is 70.5 Å². The highest BCUT2D eigenvalue weighted by molar-refractivity contribution is 7.15. The lowest BCUT2D eigenvalue weighted by atomic mass is 10.3. The van der Waals surface area contributed by atoms with Crippen LogP contribution in [-0.2, 0) is 4.79 Å². The second-order valence-electron chi connectivity index (χ2n) is 3.21. The fraction of sp³-hybridized carbons (Fsp3) is 0.444. The van der Waals surface area contributed by atoms with Crippen molar-refractivity contribution in [2.24, 2.45) is 0 Å². The Morgan fingerprint density at radius 2 is 2.13 bits per heavy atom. The molecule has 0 aliphatic heterocycles. The number of nitrogens with zero attached hydrogens (tertiary/aromatic N) is 2. The van der Waals surface area contributed by atoms with Gasteiger partial charge in [-0.25, -0.2) is 4.98 Å². The van der Waals surface area contributed by atoms with E-state index in [0.29, 0.717) is 10.8 Å². The number of rotatable bonds is 4. The number of anilines is 1. The summed E-state index contributed by atoms with van der Waals surface area (Å²) < 4.78 is 0. The third-order valence-electron chi connectivity index (χ3n) is 1.82. The Hall–Kier alpha value is -1.43. The second-order valence-corrected chi connectivity index (χ2v) is 4.39. The van der Waals surface area contributed by atoms with Crippen molar-refractivity contribution in [3.8, 4) is 0 Å². The molecule has 1 rings (SSSR count). The predicted molar refractivity (Wildman–Crippen MR) is 57.8 cm³/mol. The Bertz CT molecular complexity index is 400. The molecule has 0 atom stereocenters. The summed E-state index contributed by atoms with van der Waals surface area (Å²) in [5, 5.41) is 9.15. The molecule has 0 radical (unpaired) electrons. The molecule has 0 saturated heterocycles. The molecule has 0 bridgehead atoms. The van der Waals surface area contributed by atoms with Crippen molar-refractivity contribution in [1.82, 2.24) is 4.98 Å². The Balaban J connectivity index is 2.91. The third-order valence-corrected chi connectivity index (χ3v) is 2.90. The van der Waals surface area contributed by atoms with Gasteiger partial charge in [-0.1, -0.05) is 0 Å². The zero-order valence-corrected chi connectivity index (χ0v) is 9.59. The van der Waals surface area contributed by atoms with E-state index in [1.807, 2.05) is 0 Å². The molecule has 6 heteroatoms. The number of aliphatic carboxylic acids is 1. The van der Waals surface area contributed by atoms with E-state index in [9.17, 15) is 9.59 Å². The van der Waals surface area contributed by atoms with Crippen LogP contribution in [0.1, 0.15) is 22.3 Å². The van der Waals surface area contributed by atoms with Crippen LogP contribution in [0.5, 0.6) is 0 Å². The van der Waals surface area contributed by atoms with Crippen molar-refractivity contribution in [3.63, 3.8) is 0 Å². The summed E-state index contributed by atoms with van der Waals surface area (Å²) in [6, 6.07) is 0. The lowest BCUT2D eigenvalue weighted by Crippen LogP contribution is -2.24. The molecule has 0 saturated carbocycles. The molecular weight excluding hydrogens is 216 g/mol. The molecule has 15 heavy (non-hydrogen) atoms. The molecule has 0 amide bonds. The zero-order chi connectivity index (χ0) is 11.6. The molecule has 0 fully saturated rings. The summed E-state index contributed by atoms with van der Waals surface area (Å²) in [4.78, 5) is 28.0. The van der Waals surface area contributed by atoms with E-state index in [-0.39, 0.29) is 12.3 Å². The monoisotopic (exact) mass is 228 g/mol. The lowest BCUT2D eigenvalue weighted by molar-refractivity contribution is -0.135. The minimum absolute atomic E-state index is 0.0984. The van der Waals surface area contributed by atoms with Crippen LogP contribution in [0.15, 0.2) is 0 Å². The molecule has 0 aliphatic rings. The Labute approximate surface area is 91.4 Å². The number of ketones is 1. The maximum atomic E-state index is 11.1. The average Bonchev–Trinajstić information content (AvgIpc) is 2.46. The molecule has 0 aliphatic carbocycles. The number of carboxylic acids is 1. The van der Waals surface area contributed by atoms with Crippen LogP contribution in [0.25, 0.3) is 0 Å². The highest BCUT2D eigenvalue weighted by Gasteiger charge is 2.15. The van der Waals surface area contributed by atoms with Crippen LogP contribution in [0.4, 0.5) is 5.13 Å². The lowest BCUT2D eigenvalue weighted by Gasteiger charge is -2.11. The van der Waals surface area contributed by atoms with E-state index in [1.165, 1.54) is 23.2 Å². The van der Waals surface area contributed by atoms with Gasteiger partial charge in [-0.3, -0.25) is 9.59 Å². The first-order valence-electron chi connectivity index (χ1n) is 4.33. The van der Waals surface area contributed by atoms with E-state index < -0.39 is 5.97 Å². The van der Waals surface area contributed by atoms with Crippen molar-refractivity contribution in [1.29, 1.82) is 0 Å². The Kier molecular flexibility index (Phi) is 3.41. The van der Waals surface area contributed by atoms with Gasteiger partial charge >= 0.3 is 5.97 Å². The summed E-state index contributed by atoms with van der Waals surface area (Å²) in [7, 11) is 1.64. The van der Waals surface area contributed by atoms with Crippen molar-refractivity contribution in [2.45, 2.75) is 13.8 Å². The van der Waals surface area contributed by atoms with Crippen LogP contribution in [0.2, 0.25) is 0 Å². The fourth-order valence-electron chi connectivity index (χ4n) is 1.14. The smallest absolute Gasteiger partial charge is 0.323 e. The molecule has 1 heterocycles. The van der Waals surface area contributed by atoms with Crippen LogP contribution in [0, 0.1) is 6.92 Å². The van der Waals surface area contributed by atoms with Gasteiger partial charge in [-0.15, -0.1) is 11.3 Å². The van der Waals surface area contributed by atoms with Crippen LogP contribution in [-0.4, -0.2) is 35.4 Å². The van der Waals surface area contributed by atoms with Gasteiger partial charge in [0.1, 0.15) is 12.2 Å². The molecule has 0 aromatic carbocycles. The number of carbonyl (C=O) groups is 2. The number of hydrogen-bond acceptors (Lipinski definition) is 5. The van der Waals surface area contributed by atoms with Gasteiger partial charge in [0.05, 0.1) is 0 Å². The molecule has 1 N–H and O–H groups in total. The molecular formula is C9H12N2O3S. The second kappa shape index (κ2) is 4.39. The highest BCUT2D eigenvalue weighted by Crippen LogP contribution is 2.24. The fourth-order valence-corrected chi connectivity index (χ4v) is 2.06. The van der Waals surface area contributed by atoms with Gasteiger partial charge in [0.15, 0.2) is 10.9 Å². The van der Waals surface area contributed by atoms with Crippen LogP contribution >= 0.6 is 11.3 Å². The standard InChI is InChI=1S/C9H12N2O3S/c1-5(12)8-6(2)15-9(10-8)11(3)4-7(13)14/h4H2,1-3H3,(H,13,14). The SMILES string of the molecule is CC(=O)c1nc(N(C)CC(=O)O)sc1C. The summed E-state index contributed by atoms with van der Waals surface area (Å²) in [6.45, 7) is 3.12. The Morgan fingerprint density at radius 3 is 2.53 bits per heavy atom. The predicted octanol–water partition coefficient (Wildman–Crippen LogP) is 1.17. The summed E-state index contributed by atoms with van der Waals surface area (Å²) in [5.41, 5.74) is 0.423. The minimum atomic E-state index is -0.922. The van der Waals surface area contributed by atoms with Crippen molar-refractivity contribution in [3.05, 3.63) is 10.6 Å². The molecule has 5 nitrogen and oxygen atoms in total. The maximum absolute atomic E-state index is 11.1. The maximum Gasteiger partial charge on any atom is 0.323 e. The number of likely N-dealkylation sites (N-methyl/N-ethyl adjacent to an activating group) is 1. The van der Waals surface area contributed by atoms with Gasteiger partial charge in [0.2, 0.25) is 0 Å². The Morgan fingerprint density at radius 1 is 1.53 bits per heavy atom. The van der Waals surface area contributed by atoms with Crippen molar-refractivity contribution in [2.75, 3.05) is 18.5 Å². The molecule has 0 spiro atoms. The van der Waals surface area contributed by atoms with Crippen LogP contribution < -0.4 is 4.90 Å². The van der Waals surface area contributed by atoms with Gasteiger partial charge in [0, 0.05) is 18.8 Å². The number of carbonyl (C=O) groups excluding carboxylic acids is 1. The number of Topliss-reactive ketones (excluding diaryl/α,β-unsaturated/α-hetero) is 1. The van der Waals surface area contributed by atoms with E-state index in [1.54, 1.807) is 14.0 Å². The first-order chi connectivity index (χ1) is 6.91. The molecule has 0 unspecified atom stereocenters. The largest absolute Gasteiger partial charge is 0.480 e. The highest BCUT2D eigenvalue weighted by atomic mass is 32.1. The number of hydrogen-bond donors (Lipinski definition) is 1. The summed E-state index contributed by atoms with van der Waals surface area (Å²) in [5.74, 6) is -1.02. The zero-order valence-electron chi connectivity index (χ0n) is 8.77. The number of carboxylic acid groups (broad SMARTS) is 1. The summed E-state index contributed by atoms with van der Waals surface area (Å²) >= 11 is 1.32. The van der Waals surface area contributed by atoms with Crippen molar-refractivity contribution >= 4 is 28.2 Å². The quantitative estimate of drug-likeness (QED) is 0.783. The van der Waals surface area contributed by atoms with Gasteiger partial charge in [-0.05, 0) is 6.92 Å². The first-order valence-corrected chi connectivity index (χ1v) is 5.14.